The standard InChI is InChI=1S/C36H28N2/c1-6-16-28(17-7-1)26-33(29-18-8-2-9-19-29)27-38-36(32-24-14-5-15-25-32)34(30-20-10-3-11-21-30)35(37-38)31-22-12-4-13-23-31/h1-26H,27H2. The molecule has 182 valence electrons. The Morgan fingerprint density at radius 3 is 1.58 bits per heavy atom. The van der Waals surface area contributed by atoms with Crippen LogP contribution in [0.4, 0.5) is 0 Å². The lowest BCUT2D eigenvalue weighted by molar-refractivity contribution is 0.724. The quantitative estimate of drug-likeness (QED) is 0.205. The molecule has 2 nitrogen and oxygen atoms in total. The van der Waals surface area contributed by atoms with Crippen molar-refractivity contribution in [3.8, 4) is 33.6 Å². The minimum Gasteiger partial charge on any atom is -0.259 e. The van der Waals surface area contributed by atoms with Crippen molar-refractivity contribution in [3.63, 3.8) is 0 Å². The predicted molar refractivity (Wildman–Crippen MR) is 159 cm³/mol. The molecule has 0 atom stereocenters. The molecule has 5 aromatic carbocycles. The molecule has 0 spiro atoms. The molecule has 0 unspecified atom stereocenters. The van der Waals surface area contributed by atoms with Gasteiger partial charge in [0.1, 0.15) is 5.69 Å². The zero-order valence-corrected chi connectivity index (χ0v) is 21.1. The second-order valence-electron chi connectivity index (χ2n) is 9.27. The minimum atomic E-state index is 0.635. The highest BCUT2D eigenvalue weighted by atomic mass is 15.3. The third-order valence-electron chi connectivity index (χ3n) is 6.71. The van der Waals surface area contributed by atoms with Gasteiger partial charge in [-0.2, -0.15) is 5.10 Å². The van der Waals surface area contributed by atoms with Crippen LogP contribution in [0, 0.1) is 0 Å². The molecule has 2 heteroatoms. The molecule has 0 saturated carbocycles. The van der Waals surface area contributed by atoms with E-state index in [1.54, 1.807) is 0 Å². The average Bonchev–Trinajstić information content (AvgIpc) is 3.38. The van der Waals surface area contributed by atoms with Crippen LogP contribution in [0.2, 0.25) is 0 Å². The van der Waals surface area contributed by atoms with Gasteiger partial charge in [-0.15, -0.1) is 0 Å². The first-order chi connectivity index (χ1) is 18.9. The van der Waals surface area contributed by atoms with Crippen molar-refractivity contribution in [1.82, 2.24) is 9.78 Å². The van der Waals surface area contributed by atoms with E-state index in [9.17, 15) is 0 Å². The number of nitrogens with zero attached hydrogens (tertiary/aromatic N) is 2. The van der Waals surface area contributed by atoms with E-state index >= 15 is 0 Å². The summed E-state index contributed by atoms with van der Waals surface area (Å²) in [6, 6.07) is 52.9. The summed E-state index contributed by atoms with van der Waals surface area (Å²) in [5.41, 5.74) is 10.2. The Balaban J connectivity index is 1.60. The maximum atomic E-state index is 5.32. The van der Waals surface area contributed by atoms with Crippen molar-refractivity contribution in [2.75, 3.05) is 0 Å². The molecule has 6 aromatic rings. The summed E-state index contributed by atoms with van der Waals surface area (Å²) >= 11 is 0. The molecule has 0 N–H and O–H groups in total. The summed E-state index contributed by atoms with van der Waals surface area (Å²) in [6.07, 6.45) is 2.27. The molecule has 1 aromatic heterocycles. The van der Waals surface area contributed by atoms with E-state index in [1.165, 1.54) is 16.7 Å². The summed E-state index contributed by atoms with van der Waals surface area (Å²) < 4.78 is 2.18. The molecule has 0 aliphatic carbocycles. The highest BCUT2D eigenvalue weighted by Gasteiger charge is 2.22. The van der Waals surface area contributed by atoms with E-state index in [4.69, 9.17) is 5.10 Å². The molecular formula is C36H28N2. The van der Waals surface area contributed by atoms with Gasteiger partial charge in [-0.1, -0.05) is 152 Å². The topological polar surface area (TPSA) is 17.8 Å². The van der Waals surface area contributed by atoms with Gasteiger partial charge >= 0.3 is 0 Å². The van der Waals surface area contributed by atoms with Gasteiger partial charge < -0.3 is 0 Å². The van der Waals surface area contributed by atoms with Crippen molar-refractivity contribution < 1.29 is 0 Å². The molecule has 0 amide bonds. The van der Waals surface area contributed by atoms with Crippen molar-refractivity contribution in [1.29, 1.82) is 0 Å². The van der Waals surface area contributed by atoms with Gasteiger partial charge in [0.25, 0.3) is 0 Å². The molecule has 1 heterocycles. The van der Waals surface area contributed by atoms with Crippen LogP contribution < -0.4 is 0 Å². The van der Waals surface area contributed by atoms with Crippen molar-refractivity contribution >= 4 is 11.6 Å². The lowest BCUT2D eigenvalue weighted by Crippen LogP contribution is -2.05. The van der Waals surface area contributed by atoms with Crippen LogP contribution in [-0.2, 0) is 6.54 Å². The highest BCUT2D eigenvalue weighted by Crippen LogP contribution is 2.40. The highest BCUT2D eigenvalue weighted by molar-refractivity contribution is 5.92. The summed E-state index contributed by atoms with van der Waals surface area (Å²) in [6.45, 7) is 0.635. The molecule has 38 heavy (non-hydrogen) atoms. The average molecular weight is 489 g/mol. The monoisotopic (exact) mass is 488 g/mol. The zero-order chi connectivity index (χ0) is 25.6. The smallest absolute Gasteiger partial charge is 0.101 e. The van der Waals surface area contributed by atoms with Crippen molar-refractivity contribution in [3.05, 3.63) is 163 Å². The van der Waals surface area contributed by atoms with Gasteiger partial charge in [-0.05, 0) is 28.3 Å². The maximum absolute atomic E-state index is 5.32. The number of benzene rings is 5. The first kappa shape index (κ1) is 23.4. The van der Waals surface area contributed by atoms with E-state index in [0.717, 1.165) is 33.6 Å². The molecule has 0 bridgehead atoms. The SMILES string of the molecule is C(=C(Cn1nc(-c2ccccc2)c(-c2ccccc2)c1-c1ccccc1)c1ccccc1)c1ccccc1. The molecular weight excluding hydrogens is 460 g/mol. The summed E-state index contributed by atoms with van der Waals surface area (Å²) in [4.78, 5) is 0. The lowest BCUT2D eigenvalue weighted by Gasteiger charge is -2.14. The van der Waals surface area contributed by atoms with Crippen LogP contribution in [0.3, 0.4) is 0 Å². The van der Waals surface area contributed by atoms with Gasteiger partial charge in [0.2, 0.25) is 0 Å². The first-order valence-electron chi connectivity index (χ1n) is 12.9. The molecule has 0 radical (unpaired) electrons. The Bertz CT molecular complexity index is 1630. The Labute approximate surface area is 224 Å². The van der Waals surface area contributed by atoms with Crippen molar-refractivity contribution in [2.24, 2.45) is 0 Å². The van der Waals surface area contributed by atoms with Crippen LogP contribution in [0.15, 0.2) is 152 Å². The van der Waals surface area contributed by atoms with Crippen molar-refractivity contribution in [2.45, 2.75) is 6.54 Å². The van der Waals surface area contributed by atoms with E-state index in [-0.39, 0.29) is 0 Å². The summed E-state index contributed by atoms with van der Waals surface area (Å²) in [5.74, 6) is 0. The second-order valence-corrected chi connectivity index (χ2v) is 9.27. The summed E-state index contributed by atoms with van der Waals surface area (Å²) in [5, 5.41) is 5.32. The van der Waals surface area contributed by atoms with Crippen LogP contribution >= 0.6 is 0 Å². The van der Waals surface area contributed by atoms with Gasteiger partial charge in [-0.3, -0.25) is 4.68 Å². The second kappa shape index (κ2) is 11.0. The Morgan fingerprint density at radius 2 is 1.00 bits per heavy atom. The fraction of sp³-hybridized carbons (Fsp3) is 0.0278. The molecule has 0 aliphatic heterocycles. The van der Waals surface area contributed by atoms with Gasteiger partial charge in [0, 0.05) is 16.7 Å². The largest absolute Gasteiger partial charge is 0.259 e. The van der Waals surface area contributed by atoms with Gasteiger partial charge in [0.05, 0.1) is 12.2 Å². The number of hydrogen-bond acceptors (Lipinski definition) is 1. The Kier molecular flexibility index (Phi) is 6.78. The van der Waals surface area contributed by atoms with E-state index in [1.807, 2.05) is 0 Å². The fourth-order valence-corrected chi connectivity index (χ4v) is 4.93. The Morgan fingerprint density at radius 1 is 0.526 bits per heavy atom. The minimum absolute atomic E-state index is 0.635. The third-order valence-corrected chi connectivity index (χ3v) is 6.71. The van der Waals surface area contributed by atoms with Gasteiger partial charge in [0.15, 0.2) is 0 Å². The van der Waals surface area contributed by atoms with E-state index in [0.29, 0.717) is 6.54 Å². The molecule has 0 saturated heterocycles. The number of rotatable bonds is 7. The van der Waals surface area contributed by atoms with Gasteiger partial charge in [-0.25, -0.2) is 0 Å². The number of aromatic nitrogens is 2. The van der Waals surface area contributed by atoms with Crippen LogP contribution in [-0.4, -0.2) is 9.78 Å². The molecule has 0 fully saturated rings. The lowest BCUT2D eigenvalue weighted by atomic mass is 9.95. The normalized spacial score (nSPS) is 11.4. The zero-order valence-electron chi connectivity index (χ0n) is 21.1. The van der Waals surface area contributed by atoms with Crippen LogP contribution in [0.1, 0.15) is 11.1 Å². The fourth-order valence-electron chi connectivity index (χ4n) is 4.93. The summed E-state index contributed by atoms with van der Waals surface area (Å²) in [7, 11) is 0. The maximum Gasteiger partial charge on any atom is 0.101 e. The predicted octanol–water partition coefficient (Wildman–Crippen LogP) is 9.12. The van der Waals surface area contributed by atoms with E-state index in [2.05, 4.69) is 162 Å². The Hall–Kier alpha value is -4.95. The molecule has 0 aliphatic rings. The first-order valence-corrected chi connectivity index (χ1v) is 12.9. The molecule has 6 rings (SSSR count). The van der Waals surface area contributed by atoms with Crippen LogP contribution in [0.5, 0.6) is 0 Å². The number of allylic oxidation sites excluding steroid dienone is 1. The third kappa shape index (κ3) is 4.98. The van der Waals surface area contributed by atoms with Crippen LogP contribution in [0.25, 0.3) is 45.3 Å². The van der Waals surface area contributed by atoms with E-state index < -0.39 is 0 Å². The number of hydrogen-bond donors (Lipinski definition) is 0.